The molecule has 0 bridgehead atoms. The Bertz CT molecular complexity index is 454. The van der Waals surface area contributed by atoms with Crippen molar-refractivity contribution in [2.45, 2.75) is 72.4 Å². The average Bonchev–Trinajstić information content (AvgIpc) is 2.55. The second-order valence-electron chi connectivity index (χ2n) is 6.73. The van der Waals surface area contributed by atoms with E-state index in [2.05, 4.69) is 37.9 Å². The van der Waals surface area contributed by atoms with Crippen LogP contribution in [0, 0.1) is 11.8 Å². The van der Waals surface area contributed by atoms with E-state index < -0.39 is 5.97 Å². The first-order valence-corrected chi connectivity index (χ1v) is 9.32. The Morgan fingerprint density at radius 1 is 1.25 bits per heavy atom. The van der Waals surface area contributed by atoms with Gasteiger partial charge in [0.2, 0.25) is 5.91 Å². The summed E-state index contributed by atoms with van der Waals surface area (Å²) in [7, 11) is 0. The summed E-state index contributed by atoms with van der Waals surface area (Å²) in [5.41, 5.74) is 0.509. The van der Waals surface area contributed by atoms with Gasteiger partial charge in [-0.1, -0.05) is 46.6 Å². The summed E-state index contributed by atoms with van der Waals surface area (Å²) < 4.78 is 0. The number of carboxylic acid groups (broad SMARTS) is 1. The Kier molecular flexibility index (Phi) is 8.46. The smallest absolute Gasteiger partial charge is 0.331 e. The third-order valence-electron chi connectivity index (χ3n) is 5.50. The lowest BCUT2D eigenvalue weighted by molar-refractivity contribution is -0.133. The first-order chi connectivity index (χ1) is 11.4. The van der Waals surface area contributed by atoms with Gasteiger partial charge in [0.15, 0.2) is 0 Å². The third-order valence-corrected chi connectivity index (χ3v) is 5.50. The lowest BCUT2D eigenvalue weighted by atomic mass is 9.74. The molecule has 5 nitrogen and oxygen atoms in total. The van der Waals surface area contributed by atoms with Crippen LogP contribution in [0.3, 0.4) is 0 Å². The minimum Gasteiger partial charge on any atom is -0.478 e. The predicted molar refractivity (Wildman–Crippen MR) is 96.8 cm³/mol. The van der Waals surface area contributed by atoms with Crippen molar-refractivity contribution < 1.29 is 14.7 Å². The van der Waals surface area contributed by atoms with Crippen molar-refractivity contribution in [3.05, 3.63) is 11.6 Å². The zero-order valence-electron chi connectivity index (χ0n) is 15.8. The normalized spacial score (nSPS) is 22.4. The van der Waals surface area contributed by atoms with E-state index in [1.807, 2.05) is 6.08 Å². The van der Waals surface area contributed by atoms with Gasteiger partial charge in [0, 0.05) is 24.6 Å². The van der Waals surface area contributed by atoms with Crippen molar-refractivity contribution in [1.82, 2.24) is 10.2 Å². The molecule has 0 spiro atoms. The largest absolute Gasteiger partial charge is 0.478 e. The Balaban J connectivity index is 3.19. The van der Waals surface area contributed by atoms with E-state index >= 15 is 0 Å². The van der Waals surface area contributed by atoms with Crippen LogP contribution in [0.1, 0.15) is 60.3 Å². The topological polar surface area (TPSA) is 69.6 Å². The van der Waals surface area contributed by atoms with E-state index in [-0.39, 0.29) is 23.9 Å². The van der Waals surface area contributed by atoms with E-state index in [1.54, 1.807) is 6.92 Å². The molecule has 24 heavy (non-hydrogen) atoms. The van der Waals surface area contributed by atoms with Crippen LogP contribution < -0.4 is 5.32 Å². The number of nitrogens with one attached hydrogen (secondary N) is 1. The molecule has 0 saturated heterocycles. The number of hydrogen-bond donors (Lipinski definition) is 2. The SMILES string of the molecule is CCC(CC)[C@H](NC(C)=O)[C@@H]1CC=C(C(=O)O)C[C@@H]1N(CC)CC. The highest BCUT2D eigenvalue weighted by Gasteiger charge is 2.39. The fourth-order valence-corrected chi connectivity index (χ4v) is 4.15. The fourth-order valence-electron chi connectivity index (χ4n) is 4.15. The summed E-state index contributed by atoms with van der Waals surface area (Å²) in [4.78, 5) is 25.6. The lowest BCUT2D eigenvalue weighted by Crippen LogP contribution is -2.54. The molecule has 0 aromatic carbocycles. The van der Waals surface area contributed by atoms with Crippen molar-refractivity contribution in [1.29, 1.82) is 0 Å². The molecule has 5 heteroatoms. The number of amides is 1. The number of aliphatic carboxylic acids is 1. The first kappa shape index (κ1) is 20.7. The fraction of sp³-hybridized carbons (Fsp3) is 0.789. The lowest BCUT2D eigenvalue weighted by Gasteiger charge is -2.44. The van der Waals surface area contributed by atoms with Gasteiger partial charge in [-0.25, -0.2) is 4.79 Å². The number of carboxylic acids is 1. The van der Waals surface area contributed by atoms with Gasteiger partial charge in [-0.3, -0.25) is 4.79 Å². The zero-order valence-corrected chi connectivity index (χ0v) is 15.8. The van der Waals surface area contributed by atoms with Crippen LogP contribution in [0.2, 0.25) is 0 Å². The van der Waals surface area contributed by atoms with Gasteiger partial charge in [-0.2, -0.15) is 0 Å². The molecule has 0 saturated carbocycles. The van der Waals surface area contributed by atoms with E-state index in [0.29, 0.717) is 24.3 Å². The van der Waals surface area contributed by atoms with Gasteiger partial charge >= 0.3 is 5.97 Å². The monoisotopic (exact) mass is 338 g/mol. The molecule has 1 amide bonds. The molecule has 0 aliphatic heterocycles. The second kappa shape index (κ2) is 9.82. The van der Waals surface area contributed by atoms with Gasteiger partial charge in [0.05, 0.1) is 0 Å². The number of nitrogens with zero attached hydrogens (tertiary/aromatic N) is 1. The second-order valence-corrected chi connectivity index (χ2v) is 6.73. The van der Waals surface area contributed by atoms with Gasteiger partial charge in [-0.05, 0) is 37.8 Å². The van der Waals surface area contributed by atoms with Crippen molar-refractivity contribution in [3.8, 4) is 0 Å². The summed E-state index contributed by atoms with van der Waals surface area (Å²) >= 11 is 0. The average molecular weight is 338 g/mol. The molecule has 1 rings (SSSR count). The van der Waals surface area contributed by atoms with Gasteiger partial charge in [0.25, 0.3) is 0 Å². The quantitative estimate of drug-likeness (QED) is 0.678. The molecule has 0 aromatic rings. The molecule has 138 valence electrons. The molecule has 0 radical (unpaired) electrons. The highest BCUT2D eigenvalue weighted by Crippen LogP contribution is 2.34. The zero-order chi connectivity index (χ0) is 18.3. The number of hydrogen-bond acceptors (Lipinski definition) is 3. The van der Waals surface area contributed by atoms with E-state index in [4.69, 9.17) is 0 Å². The molecule has 1 aliphatic rings. The number of rotatable bonds is 9. The molecular weight excluding hydrogens is 304 g/mol. The third kappa shape index (κ3) is 5.07. The Morgan fingerprint density at radius 3 is 2.25 bits per heavy atom. The van der Waals surface area contributed by atoms with Crippen molar-refractivity contribution in [2.75, 3.05) is 13.1 Å². The van der Waals surface area contributed by atoms with Gasteiger partial charge < -0.3 is 15.3 Å². The molecule has 0 fully saturated rings. The molecule has 1 aliphatic carbocycles. The number of carbonyl (C=O) groups is 2. The van der Waals surface area contributed by atoms with Gasteiger partial charge in [0.1, 0.15) is 0 Å². The predicted octanol–water partition coefficient (Wildman–Crippen LogP) is 3.06. The molecule has 0 heterocycles. The first-order valence-electron chi connectivity index (χ1n) is 9.32. The maximum atomic E-state index is 11.8. The van der Waals surface area contributed by atoms with Crippen LogP contribution >= 0.6 is 0 Å². The van der Waals surface area contributed by atoms with Crippen LogP contribution in [0.15, 0.2) is 11.6 Å². The van der Waals surface area contributed by atoms with E-state index in [1.165, 1.54) is 0 Å². The van der Waals surface area contributed by atoms with E-state index in [9.17, 15) is 14.7 Å². The minimum atomic E-state index is -0.816. The Labute approximate surface area is 146 Å². The molecule has 2 N–H and O–H groups in total. The Hall–Kier alpha value is -1.36. The summed E-state index contributed by atoms with van der Waals surface area (Å²) in [6.45, 7) is 11.9. The van der Waals surface area contributed by atoms with E-state index in [0.717, 1.165) is 25.9 Å². The maximum absolute atomic E-state index is 11.8. The molecular formula is C19H34N2O3. The minimum absolute atomic E-state index is 0.00166. The number of allylic oxidation sites excluding steroid dienone is 1. The Morgan fingerprint density at radius 2 is 1.83 bits per heavy atom. The molecule has 3 atom stereocenters. The number of carbonyl (C=O) groups excluding carboxylic acids is 1. The van der Waals surface area contributed by atoms with Crippen molar-refractivity contribution >= 4 is 11.9 Å². The molecule has 0 unspecified atom stereocenters. The summed E-state index contributed by atoms with van der Waals surface area (Å²) in [5.74, 6) is -0.152. The van der Waals surface area contributed by atoms with Crippen molar-refractivity contribution in [3.63, 3.8) is 0 Å². The van der Waals surface area contributed by atoms with Crippen LogP contribution in [-0.4, -0.2) is 47.1 Å². The maximum Gasteiger partial charge on any atom is 0.331 e. The van der Waals surface area contributed by atoms with Crippen LogP contribution in [0.25, 0.3) is 0 Å². The van der Waals surface area contributed by atoms with Crippen LogP contribution in [0.4, 0.5) is 0 Å². The standard InChI is InChI=1S/C19H34N2O3/c1-6-14(7-2)18(20-13(5)22)16-11-10-15(19(23)24)12-17(16)21(8-3)9-4/h10,14,16-18H,6-9,11-12H2,1-5H3,(H,20,22)(H,23,24)/t16-,17+,18+/m1/s1. The van der Waals surface area contributed by atoms with Crippen LogP contribution in [0.5, 0.6) is 0 Å². The highest BCUT2D eigenvalue weighted by molar-refractivity contribution is 5.86. The molecule has 0 aromatic heterocycles. The summed E-state index contributed by atoms with van der Waals surface area (Å²) in [5, 5.41) is 12.6. The summed E-state index contributed by atoms with van der Waals surface area (Å²) in [6.07, 6.45) is 5.16. The van der Waals surface area contributed by atoms with Crippen molar-refractivity contribution in [2.24, 2.45) is 11.8 Å². The van der Waals surface area contributed by atoms with Gasteiger partial charge in [-0.15, -0.1) is 0 Å². The highest BCUT2D eigenvalue weighted by atomic mass is 16.4. The van der Waals surface area contributed by atoms with Crippen LogP contribution in [-0.2, 0) is 9.59 Å². The summed E-state index contributed by atoms with van der Waals surface area (Å²) in [6, 6.07) is 0.253.